The number of halogens is 2. The van der Waals surface area contributed by atoms with Crippen LogP contribution in [0.3, 0.4) is 0 Å². The molecule has 0 bridgehead atoms. The minimum Gasteiger partial charge on any atom is -0.330 e. The Labute approximate surface area is 98.0 Å². The van der Waals surface area contributed by atoms with Crippen molar-refractivity contribution in [2.24, 2.45) is 11.1 Å². The van der Waals surface area contributed by atoms with E-state index in [0.717, 1.165) is 16.5 Å². The molecule has 0 atom stereocenters. The highest BCUT2D eigenvalue weighted by atomic mass is 79.9. The molecule has 1 fully saturated rings. The van der Waals surface area contributed by atoms with E-state index in [0.29, 0.717) is 6.54 Å². The minimum atomic E-state index is -0.175. The van der Waals surface area contributed by atoms with Gasteiger partial charge in [0.05, 0.1) is 0 Å². The zero-order valence-corrected chi connectivity index (χ0v) is 10.2. The summed E-state index contributed by atoms with van der Waals surface area (Å²) in [5.41, 5.74) is 7.08. The van der Waals surface area contributed by atoms with Crippen LogP contribution in [0.15, 0.2) is 22.7 Å². The molecule has 82 valence electrons. The maximum absolute atomic E-state index is 13.2. The number of hydrogen-bond acceptors (Lipinski definition) is 1. The Balaban J connectivity index is 2.16. The van der Waals surface area contributed by atoms with E-state index in [2.05, 4.69) is 15.9 Å². The fourth-order valence-corrected chi connectivity index (χ4v) is 2.79. The minimum absolute atomic E-state index is 0.175. The van der Waals surface area contributed by atoms with Crippen LogP contribution in [0.2, 0.25) is 0 Å². The molecule has 0 aliphatic heterocycles. The van der Waals surface area contributed by atoms with Gasteiger partial charge in [0.25, 0.3) is 0 Å². The lowest BCUT2D eigenvalue weighted by Gasteiger charge is -2.41. The van der Waals surface area contributed by atoms with E-state index >= 15 is 0 Å². The monoisotopic (exact) mass is 271 g/mol. The van der Waals surface area contributed by atoms with Gasteiger partial charge in [-0.2, -0.15) is 0 Å². The quantitative estimate of drug-likeness (QED) is 0.898. The lowest BCUT2D eigenvalue weighted by atomic mass is 9.65. The maximum atomic E-state index is 13.2. The Morgan fingerprint density at radius 3 is 2.53 bits per heavy atom. The molecule has 15 heavy (non-hydrogen) atoms. The predicted octanol–water partition coefficient (Wildman–Crippen LogP) is 3.26. The summed E-state index contributed by atoms with van der Waals surface area (Å²) < 4.78 is 14.0. The second kappa shape index (κ2) is 4.22. The van der Waals surface area contributed by atoms with Gasteiger partial charge in [-0.15, -0.1) is 0 Å². The van der Waals surface area contributed by atoms with Crippen LogP contribution in [-0.4, -0.2) is 6.54 Å². The van der Waals surface area contributed by atoms with Crippen LogP contribution in [-0.2, 0) is 6.42 Å². The van der Waals surface area contributed by atoms with Crippen molar-refractivity contribution in [3.63, 3.8) is 0 Å². The zero-order valence-electron chi connectivity index (χ0n) is 8.60. The lowest BCUT2D eigenvalue weighted by Crippen LogP contribution is -2.39. The Morgan fingerprint density at radius 1 is 1.33 bits per heavy atom. The fraction of sp³-hybridized carbons (Fsp3) is 0.500. The Hall–Kier alpha value is -0.410. The topological polar surface area (TPSA) is 26.0 Å². The highest BCUT2D eigenvalue weighted by molar-refractivity contribution is 9.10. The highest BCUT2D eigenvalue weighted by Crippen LogP contribution is 2.42. The van der Waals surface area contributed by atoms with E-state index in [1.807, 2.05) is 6.07 Å². The Morgan fingerprint density at radius 2 is 2.07 bits per heavy atom. The van der Waals surface area contributed by atoms with Crippen molar-refractivity contribution in [2.75, 3.05) is 6.54 Å². The van der Waals surface area contributed by atoms with Crippen molar-refractivity contribution in [3.8, 4) is 0 Å². The summed E-state index contributed by atoms with van der Waals surface area (Å²) in [5.74, 6) is -0.175. The summed E-state index contributed by atoms with van der Waals surface area (Å²) in [7, 11) is 0. The molecule has 0 aromatic heterocycles. The predicted molar refractivity (Wildman–Crippen MR) is 63.1 cm³/mol. The molecule has 1 aliphatic carbocycles. The van der Waals surface area contributed by atoms with Crippen molar-refractivity contribution in [1.82, 2.24) is 0 Å². The van der Waals surface area contributed by atoms with Gasteiger partial charge in [-0.25, -0.2) is 4.39 Å². The van der Waals surface area contributed by atoms with Crippen LogP contribution in [0.25, 0.3) is 0 Å². The van der Waals surface area contributed by atoms with Crippen LogP contribution in [0, 0.1) is 11.2 Å². The first-order valence-electron chi connectivity index (χ1n) is 5.29. The van der Waals surface area contributed by atoms with Gasteiger partial charge >= 0.3 is 0 Å². The average Bonchev–Trinajstić information content (AvgIpc) is 2.10. The Kier molecular flexibility index (Phi) is 3.12. The molecule has 2 rings (SSSR count). The van der Waals surface area contributed by atoms with Crippen LogP contribution in [0.1, 0.15) is 24.8 Å². The summed E-state index contributed by atoms with van der Waals surface area (Å²) in [6.07, 6.45) is 4.52. The van der Waals surface area contributed by atoms with E-state index in [-0.39, 0.29) is 11.2 Å². The summed E-state index contributed by atoms with van der Waals surface area (Å²) >= 11 is 3.31. The van der Waals surface area contributed by atoms with Gasteiger partial charge in [-0.05, 0) is 55.0 Å². The number of rotatable bonds is 3. The Bertz CT molecular complexity index is 335. The SMILES string of the molecule is NCC1(Cc2cc(F)cc(Br)c2)CCC1. The molecular weight excluding hydrogens is 257 g/mol. The normalized spacial score (nSPS) is 18.6. The fourth-order valence-electron chi connectivity index (χ4n) is 2.28. The first-order chi connectivity index (χ1) is 7.13. The summed E-state index contributed by atoms with van der Waals surface area (Å²) in [6.45, 7) is 0.709. The van der Waals surface area contributed by atoms with E-state index in [4.69, 9.17) is 5.73 Å². The number of benzene rings is 1. The molecule has 3 heteroatoms. The van der Waals surface area contributed by atoms with E-state index < -0.39 is 0 Å². The molecule has 0 unspecified atom stereocenters. The third-order valence-electron chi connectivity index (χ3n) is 3.35. The van der Waals surface area contributed by atoms with Crippen LogP contribution >= 0.6 is 15.9 Å². The first kappa shape index (κ1) is 11.1. The lowest BCUT2D eigenvalue weighted by molar-refractivity contribution is 0.144. The van der Waals surface area contributed by atoms with Gasteiger partial charge in [-0.3, -0.25) is 0 Å². The molecule has 1 aromatic rings. The highest BCUT2D eigenvalue weighted by Gasteiger charge is 2.35. The third kappa shape index (κ3) is 2.40. The number of hydrogen-bond donors (Lipinski definition) is 1. The van der Waals surface area contributed by atoms with E-state index in [1.54, 1.807) is 6.07 Å². The maximum Gasteiger partial charge on any atom is 0.124 e. The molecule has 1 aliphatic rings. The summed E-state index contributed by atoms with van der Waals surface area (Å²) in [6, 6.07) is 5.08. The standard InChI is InChI=1S/C12H15BrFN/c13-10-4-9(5-11(14)6-10)7-12(8-15)2-1-3-12/h4-6H,1-3,7-8,15H2. The molecule has 0 saturated heterocycles. The van der Waals surface area contributed by atoms with Crippen molar-refractivity contribution in [1.29, 1.82) is 0 Å². The van der Waals surface area contributed by atoms with Crippen LogP contribution in [0.5, 0.6) is 0 Å². The molecule has 1 nitrogen and oxygen atoms in total. The van der Waals surface area contributed by atoms with Crippen molar-refractivity contribution < 1.29 is 4.39 Å². The van der Waals surface area contributed by atoms with Gasteiger partial charge in [0.1, 0.15) is 5.82 Å². The van der Waals surface area contributed by atoms with Crippen molar-refractivity contribution in [2.45, 2.75) is 25.7 Å². The van der Waals surface area contributed by atoms with Crippen LogP contribution < -0.4 is 5.73 Å². The van der Waals surface area contributed by atoms with Crippen molar-refractivity contribution >= 4 is 15.9 Å². The smallest absolute Gasteiger partial charge is 0.124 e. The second-order valence-electron chi connectivity index (χ2n) is 4.51. The zero-order chi connectivity index (χ0) is 10.9. The summed E-state index contributed by atoms with van der Waals surface area (Å²) in [4.78, 5) is 0. The largest absolute Gasteiger partial charge is 0.330 e. The molecule has 0 amide bonds. The second-order valence-corrected chi connectivity index (χ2v) is 5.43. The van der Waals surface area contributed by atoms with Gasteiger partial charge in [-0.1, -0.05) is 22.4 Å². The van der Waals surface area contributed by atoms with Crippen molar-refractivity contribution in [3.05, 3.63) is 34.1 Å². The van der Waals surface area contributed by atoms with Gasteiger partial charge in [0.2, 0.25) is 0 Å². The summed E-state index contributed by atoms with van der Waals surface area (Å²) in [5, 5.41) is 0. The molecular formula is C12H15BrFN. The van der Waals surface area contributed by atoms with E-state index in [9.17, 15) is 4.39 Å². The molecule has 1 aromatic carbocycles. The molecule has 0 radical (unpaired) electrons. The molecule has 0 spiro atoms. The van der Waals surface area contributed by atoms with E-state index in [1.165, 1.54) is 25.3 Å². The first-order valence-corrected chi connectivity index (χ1v) is 6.08. The third-order valence-corrected chi connectivity index (χ3v) is 3.81. The van der Waals surface area contributed by atoms with Gasteiger partial charge < -0.3 is 5.73 Å². The molecule has 0 heterocycles. The average molecular weight is 272 g/mol. The molecule has 2 N–H and O–H groups in total. The van der Waals surface area contributed by atoms with Crippen LogP contribution in [0.4, 0.5) is 4.39 Å². The molecule has 1 saturated carbocycles. The van der Waals surface area contributed by atoms with Gasteiger partial charge in [0.15, 0.2) is 0 Å². The number of nitrogens with two attached hydrogens (primary N) is 1. The van der Waals surface area contributed by atoms with Gasteiger partial charge in [0, 0.05) is 4.47 Å².